The van der Waals surface area contributed by atoms with Crippen molar-refractivity contribution >= 4 is 5.78 Å². The lowest BCUT2D eigenvalue weighted by molar-refractivity contribution is -0.114. The van der Waals surface area contributed by atoms with Gasteiger partial charge in [-0.3, -0.25) is 4.79 Å². The Labute approximate surface area is 53.9 Å². The molecule has 1 N–H and O–H groups in total. The number of fused-ring (bicyclic) bond motifs is 1. The number of carbonyl (C=O) groups excluding carboxylic acids is 1. The fraction of sp³-hybridized carbons (Fsp3) is 0.571. The molecule has 1 atom stereocenters. The number of hydrogen-bond donors (Lipinski definition) is 1. The Morgan fingerprint density at radius 3 is 3.33 bits per heavy atom. The summed E-state index contributed by atoms with van der Waals surface area (Å²) < 4.78 is 0. The maximum absolute atomic E-state index is 10.8. The van der Waals surface area contributed by atoms with Crippen LogP contribution in [-0.4, -0.2) is 18.9 Å². The maximum atomic E-state index is 10.8. The SMILES string of the molecule is O=C1C=C2CNCC2C1. The zero-order valence-electron chi connectivity index (χ0n) is 5.18. The number of allylic oxidation sites excluding steroid dienone is 1. The summed E-state index contributed by atoms with van der Waals surface area (Å²) in [6, 6.07) is 0. The molecule has 0 radical (unpaired) electrons. The second-order valence-corrected chi connectivity index (χ2v) is 2.72. The van der Waals surface area contributed by atoms with Gasteiger partial charge in [0.15, 0.2) is 5.78 Å². The Morgan fingerprint density at radius 2 is 2.56 bits per heavy atom. The molecule has 2 nitrogen and oxygen atoms in total. The molecule has 0 aromatic heterocycles. The minimum absolute atomic E-state index is 0.316. The molecular weight excluding hydrogens is 114 g/mol. The van der Waals surface area contributed by atoms with Crippen LogP contribution in [0.15, 0.2) is 11.6 Å². The van der Waals surface area contributed by atoms with Gasteiger partial charge in [0, 0.05) is 25.4 Å². The second kappa shape index (κ2) is 1.67. The van der Waals surface area contributed by atoms with Gasteiger partial charge in [-0.15, -0.1) is 0 Å². The predicted octanol–water partition coefficient (Wildman–Crippen LogP) is 0.105. The van der Waals surface area contributed by atoms with E-state index in [1.165, 1.54) is 5.57 Å². The molecule has 1 aliphatic heterocycles. The van der Waals surface area contributed by atoms with Crippen LogP contribution in [0.4, 0.5) is 0 Å². The average Bonchev–Trinajstić information content (AvgIpc) is 2.22. The number of ketones is 1. The van der Waals surface area contributed by atoms with E-state index in [0.29, 0.717) is 11.7 Å². The number of rotatable bonds is 0. The lowest BCUT2D eigenvalue weighted by atomic mass is 10.1. The third kappa shape index (κ3) is 0.704. The van der Waals surface area contributed by atoms with E-state index in [1.807, 2.05) is 0 Å². The molecule has 2 rings (SSSR count). The van der Waals surface area contributed by atoms with E-state index in [2.05, 4.69) is 5.32 Å². The monoisotopic (exact) mass is 123 g/mol. The maximum Gasteiger partial charge on any atom is 0.156 e. The van der Waals surface area contributed by atoms with Gasteiger partial charge < -0.3 is 5.32 Å². The fourth-order valence-corrected chi connectivity index (χ4v) is 1.55. The summed E-state index contributed by atoms with van der Waals surface area (Å²) in [6.07, 6.45) is 2.55. The zero-order valence-corrected chi connectivity index (χ0v) is 5.18. The molecule has 0 spiro atoms. The molecule has 1 saturated heterocycles. The molecule has 1 fully saturated rings. The number of nitrogens with one attached hydrogen (secondary N) is 1. The lowest BCUT2D eigenvalue weighted by Crippen LogP contribution is -2.10. The third-order valence-corrected chi connectivity index (χ3v) is 2.04. The van der Waals surface area contributed by atoms with Gasteiger partial charge in [-0.05, 0) is 11.6 Å². The quantitative estimate of drug-likeness (QED) is 0.495. The Kier molecular flexibility index (Phi) is 0.963. The summed E-state index contributed by atoms with van der Waals surface area (Å²) >= 11 is 0. The Bertz CT molecular complexity index is 183. The summed E-state index contributed by atoms with van der Waals surface area (Å²) in [4.78, 5) is 10.8. The van der Waals surface area contributed by atoms with Gasteiger partial charge in [0.2, 0.25) is 0 Å². The van der Waals surface area contributed by atoms with Crippen LogP contribution in [0.25, 0.3) is 0 Å². The van der Waals surface area contributed by atoms with Gasteiger partial charge in [-0.2, -0.15) is 0 Å². The van der Waals surface area contributed by atoms with E-state index in [0.717, 1.165) is 19.5 Å². The highest BCUT2D eigenvalue weighted by atomic mass is 16.1. The highest BCUT2D eigenvalue weighted by Gasteiger charge is 2.27. The van der Waals surface area contributed by atoms with Gasteiger partial charge >= 0.3 is 0 Å². The van der Waals surface area contributed by atoms with Gasteiger partial charge in [-0.25, -0.2) is 0 Å². The van der Waals surface area contributed by atoms with Gasteiger partial charge in [0.1, 0.15) is 0 Å². The smallest absolute Gasteiger partial charge is 0.156 e. The summed E-state index contributed by atoms with van der Waals surface area (Å²) in [6.45, 7) is 1.95. The van der Waals surface area contributed by atoms with Gasteiger partial charge in [0.25, 0.3) is 0 Å². The summed E-state index contributed by atoms with van der Waals surface area (Å²) in [5.74, 6) is 0.869. The molecule has 1 heterocycles. The van der Waals surface area contributed by atoms with E-state index in [-0.39, 0.29) is 0 Å². The summed E-state index contributed by atoms with van der Waals surface area (Å²) in [7, 11) is 0. The van der Waals surface area contributed by atoms with Crippen LogP contribution in [0.2, 0.25) is 0 Å². The lowest BCUT2D eigenvalue weighted by Gasteiger charge is -1.96. The van der Waals surface area contributed by atoms with Crippen molar-refractivity contribution in [1.82, 2.24) is 5.32 Å². The first-order valence-electron chi connectivity index (χ1n) is 3.30. The molecule has 1 unspecified atom stereocenters. The van der Waals surface area contributed by atoms with Crippen LogP contribution < -0.4 is 5.32 Å². The van der Waals surface area contributed by atoms with E-state index in [4.69, 9.17) is 0 Å². The van der Waals surface area contributed by atoms with Crippen LogP contribution in [0.5, 0.6) is 0 Å². The van der Waals surface area contributed by atoms with Gasteiger partial charge in [0.05, 0.1) is 0 Å². The normalized spacial score (nSPS) is 32.7. The van der Waals surface area contributed by atoms with Crippen molar-refractivity contribution in [2.75, 3.05) is 13.1 Å². The molecule has 9 heavy (non-hydrogen) atoms. The minimum atomic E-state index is 0.316. The largest absolute Gasteiger partial charge is 0.312 e. The summed E-state index contributed by atoms with van der Waals surface area (Å²) in [5.41, 5.74) is 1.32. The molecule has 0 bridgehead atoms. The third-order valence-electron chi connectivity index (χ3n) is 2.04. The first-order chi connectivity index (χ1) is 4.36. The van der Waals surface area contributed by atoms with Crippen LogP contribution >= 0.6 is 0 Å². The molecule has 48 valence electrons. The average molecular weight is 123 g/mol. The standard InChI is InChI=1S/C7H9NO/c9-7-1-5-3-8-4-6(5)2-7/h1,6,8H,2-4H2. The number of hydrogen-bond acceptors (Lipinski definition) is 2. The molecule has 1 aliphatic carbocycles. The van der Waals surface area contributed by atoms with Crippen molar-refractivity contribution in [2.45, 2.75) is 6.42 Å². The van der Waals surface area contributed by atoms with Crippen molar-refractivity contribution in [2.24, 2.45) is 5.92 Å². The van der Waals surface area contributed by atoms with Crippen LogP contribution in [-0.2, 0) is 4.79 Å². The van der Waals surface area contributed by atoms with E-state index < -0.39 is 0 Å². The number of carbonyl (C=O) groups is 1. The molecular formula is C7H9NO. The van der Waals surface area contributed by atoms with Crippen LogP contribution in [0.1, 0.15) is 6.42 Å². The van der Waals surface area contributed by atoms with Crippen molar-refractivity contribution in [3.63, 3.8) is 0 Å². The first kappa shape index (κ1) is 5.18. The van der Waals surface area contributed by atoms with E-state index in [1.54, 1.807) is 6.08 Å². The van der Waals surface area contributed by atoms with Crippen molar-refractivity contribution in [1.29, 1.82) is 0 Å². The van der Waals surface area contributed by atoms with E-state index >= 15 is 0 Å². The Morgan fingerprint density at radius 1 is 1.67 bits per heavy atom. The van der Waals surface area contributed by atoms with Crippen molar-refractivity contribution in [3.8, 4) is 0 Å². The highest BCUT2D eigenvalue weighted by molar-refractivity contribution is 5.93. The molecule has 0 aromatic carbocycles. The summed E-state index contributed by atoms with van der Waals surface area (Å²) in [5, 5.41) is 3.22. The molecule has 2 aliphatic rings. The molecule has 0 saturated carbocycles. The zero-order chi connectivity index (χ0) is 6.27. The fourth-order valence-electron chi connectivity index (χ4n) is 1.55. The predicted molar refractivity (Wildman–Crippen MR) is 34.1 cm³/mol. The van der Waals surface area contributed by atoms with Crippen LogP contribution in [0, 0.1) is 5.92 Å². The molecule has 0 amide bonds. The topological polar surface area (TPSA) is 29.1 Å². The van der Waals surface area contributed by atoms with E-state index in [9.17, 15) is 4.79 Å². The molecule has 2 heteroatoms. The van der Waals surface area contributed by atoms with Gasteiger partial charge in [-0.1, -0.05) is 0 Å². The molecule has 0 aromatic rings. The second-order valence-electron chi connectivity index (χ2n) is 2.72. The minimum Gasteiger partial charge on any atom is -0.312 e. The Hall–Kier alpha value is -0.630. The van der Waals surface area contributed by atoms with Crippen molar-refractivity contribution < 1.29 is 4.79 Å². The van der Waals surface area contributed by atoms with Crippen molar-refractivity contribution in [3.05, 3.63) is 11.6 Å². The Balaban J connectivity index is 2.27. The first-order valence-corrected chi connectivity index (χ1v) is 3.30. The highest BCUT2D eigenvalue weighted by Crippen LogP contribution is 2.25. The van der Waals surface area contributed by atoms with Crippen LogP contribution in [0.3, 0.4) is 0 Å².